The highest BCUT2D eigenvalue weighted by Crippen LogP contribution is 2.38. The number of hydrogen-bond donors (Lipinski definition) is 2. The van der Waals surface area contributed by atoms with Crippen LogP contribution in [0.15, 0.2) is 53.4 Å². The lowest BCUT2D eigenvalue weighted by molar-refractivity contribution is -0.912. The van der Waals surface area contributed by atoms with Crippen LogP contribution in [0.25, 0.3) is 0 Å². The van der Waals surface area contributed by atoms with Gasteiger partial charge in [0, 0.05) is 24.6 Å². The molecule has 0 bridgehead atoms. The Bertz CT molecular complexity index is 1490. The van der Waals surface area contributed by atoms with E-state index >= 15 is 0 Å². The van der Waals surface area contributed by atoms with E-state index in [2.05, 4.69) is 4.72 Å². The van der Waals surface area contributed by atoms with Crippen LogP contribution in [0.2, 0.25) is 5.02 Å². The van der Waals surface area contributed by atoms with Crippen molar-refractivity contribution in [2.24, 2.45) is 0 Å². The Morgan fingerprint density at radius 1 is 0.914 bits per heavy atom. The Morgan fingerprint density at radius 3 is 2.11 bits per heavy atom. The first-order valence-electron chi connectivity index (χ1n) is 10.8. The minimum Gasteiger partial charge on any atom is -0.285 e. The van der Waals surface area contributed by atoms with Crippen LogP contribution in [0.3, 0.4) is 0 Å². The highest BCUT2D eigenvalue weighted by atomic mass is 35.5. The van der Waals surface area contributed by atoms with Gasteiger partial charge in [0.1, 0.15) is 5.69 Å². The molecule has 0 radical (unpaired) electrons. The molecule has 4 rings (SSSR count). The van der Waals surface area contributed by atoms with Crippen LogP contribution in [0, 0.1) is 13.8 Å². The summed E-state index contributed by atoms with van der Waals surface area (Å²) >= 11 is 6.27. The largest absolute Gasteiger partial charge is 0.285 e. The number of halogens is 1. The zero-order valence-electron chi connectivity index (χ0n) is 19.9. The minimum atomic E-state index is -4.07. The fourth-order valence-corrected chi connectivity index (χ4v) is 5.28. The van der Waals surface area contributed by atoms with Crippen LogP contribution in [-0.2, 0) is 15.4 Å². The summed E-state index contributed by atoms with van der Waals surface area (Å²) in [6.07, 6.45) is 0. The average Bonchev–Trinajstić information content (AvgIpc) is 3.05. The third kappa shape index (κ3) is 4.15. The van der Waals surface area contributed by atoms with Crippen molar-refractivity contribution in [3.63, 3.8) is 0 Å². The molecule has 2 aromatic carbocycles. The molecule has 0 saturated carbocycles. The lowest BCUT2D eigenvalue weighted by atomic mass is 9.87. The van der Waals surface area contributed by atoms with E-state index in [1.54, 1.807) is 32.0 Å². The highest BCUT2D eigenvalue weighted by Gasteiger charge is 2.43. The second-order valence-electron chi connectivity index (χ2n) is 9.43. The number of sulfonamides is 1. The molecule has 3 aromatic rings. The number of hydrogen-bond acceptors (Lipinski definition) is 5. The van der Waals surface area contributed by atoms with E-state index < -0.39 is 21.8 Å². The van der Waals surface area contributed by atoms with E-state index in [1.165, 1.54) is 30.3 Å². The van der Waals surface area contributed by atoms with Gasteiger partial charge in [0.25, 0.3) is 27.5 Å². The van der Waals surface area contributed by atoms with Crippen molar-refractivity contribution in [3.05, 3.63) is 81.6 Å². The van der Waals surface area contributed by atoms with Crippen molar-refractivity contribution in [1.29, 1.82) is 0 Å². The summed E-state index contributed by atoms with van der Waals surface area (Å²) in [6.45, 7) is 9.28. The van der Waals surface area contributed by atoms with Crippen molar-refractivity contribution in [2.45, 2.75) is 44.9 Å². The van der Waals surface area contributed by atoms with Crippen LogP contribution in [0.4, 0.5) is 11.4 Å². The number of carbonyl (C=O) groups is 2. The molecule has 0 aliphatic carbocycles. The summed E-state index contributed by atoms with van der Waals surface area (Å²) < 4.78 is 29.6. The predicted octanol–water partition coefficient (Wildman–Crippen LogP) is 4.38. The number of nitrogens with one attached hydrogen (secondary N) is 1. The second-order valence-corrected chi connectivity index (χ2v) is 11.5. The number of anilines is 2. The van der Waals surface area contributed by atoms with Crippen molar-refractivity contribution >= 4 is 44.8 Å². The molecule has 2 N–H and O–H groups in total. The molecule has 10 heteroatoms. The van der Waals surface area contributed by atoms with Gasteiger partial charge < -0.3 is 0 Å². The first kappa shape index (κ1) is 24.7. The lowest BCUT2D eigenvalue weighted by Gasteiger charge is -2.19. The zero-order valence-corrected chi connectivity index (χ0v) is 21.5. The molecule has 2 heterocycles. The van der Waals surface area contributed by atoms with Gasteiger partial charge in [-0.05, 0) is 41.3 Å². The minimum absolute atomic E-state index is 0.0125. The topological polar surface area (TPSA) is 108 Å². The summed E-state index contributed by atoms with van der Waals surface area (Å²) in [5.41, 5.74) is 1.42. The van der Waals surface area contributed by atoms with Gasteiger partial charge in [0.15, 0.2) is 0 Å². The maximum absolute atomic E-state index is 13.4. The predicted molar refractivity (Wildman–Crippen MR) is 132 cm³/mol. The Hall–Kier alpha value is -3.43. The quantitative estimate of drug-likeness (QED) is 0.305. The summed E-state index contributed by atoms with van der Waals surface area (Å²) in [5, 5.41) is 10.3. The summed E-state index contributed by atoms with van der Waals surface area (Å²) in [7, 11) is -4.07. The SMILES string of the molecule is Cc1ccc(N2C(=O)c3c(Cl)ccc(NS(=O)(=O)c4ccc(C(C)(C)C)cc4)c3C2=O)c(C)[n+]1O. The fraction of sp³-hybridized carbons (Fsp3) is 0.240. The van der Waals surface area contributed by atoms with Crippen LogP contribution >= 0.6 is 11.6 Å². The summed E-state index contributed by atoms with van der Waals surface area (Å²) in [5.74, 6) is -1.46. The van der Waals surface area contributed by atoms with Gasteiger partial charge >= 0.3 is 0 Å². The molecule has 2 amide bonds. The lowest BCUT2D eigenvalue weighted by Crippen LogP contribution is -2.41. The van der Waals surface area contributed by atoms with Crippen LogP contribution in [-0.4, -0.2) is 25.4 Å². The molecule has 0 fully saturated rings. The van der Waals surface area contributed by atoms with Gasteiger partial charge in [-0.2, -0.15) is 0 Å². The van der Waals surface area contributed by atoms with E-state index in [1.807, 2.05) is 20.8 Å². The maximum Gasteiger partial charge on any atom is 0.268 e. The Kier molecular flexibility index (Phi) is 5.89. The highest BCUT2D eigenvalue weighted by molar-refractivity contribution is 7.92. The van der Waals surface area contributed by atoms with E-state index in [9.17, 15) is 23.2 Å². The number of amides is 2. The molecule has 1 aromatic heterocycles. The van der Waals surface area contributed by atoms with E-state index in [0.29, 0.717) is 5.69 Å². The molecule has 0 spiro atoms. The number of fused-ring (bicyclic) bond motifs is 1. The van der Waals surface area contributed by atoms with Gasteiger partial charge in [0.05, 0.1) is 26.7 Å². The van der Waals surface area contributed by atoms with Gasteiger partial charge in [-0.3, -0.25) is 19.5 Å². The van der Waals surface area contributed by atoms with E-state index in [-0.39, 0.29) is 43.5 Å². The van der Waals surface area contributed by atoms with Crippen molar-refractivity contribution < 1.29 is 27.9 Å². The monoisotopic (exact) mass is 514 g/mol. The van der Waals surface area contributed by atoms with Crippen molar-refractivity contribution in [3.8, 4) is 0 Å². The van der Waals surface area contributed by atoms with Crippen LogP contribution < -0.4 is 14.4 Å². The van der Waals surface area contributed by atoms with E-state index in [4.69, 9.17) is 11.6 Å². The van der Waals surface area contributed by atoms with Crippen LogP contribution in [0.5, 0.6) is 0 Å². The number of rotatable bonds is 4. The molecule has 1 aliphatic heterocycles. The third-order valence-corrected chi connectivity index (χ3v) is 7.71. The molecule has 1 aliphatic rings. The standard InChI is InChI=1S/C25H24ClN3O5S/c1-14-6-13-20(15(2)29(14)32)28-23(30)21-18(26)11-12-19(22(21)24(28)31)27-35(33,34)17-9-7-16(8-10-17)25(3,4)5/h6-13H,1-5H3,(H-,27,31,32)/p+1. The average molecular weight is 515 g/mol. The van der Waals surface area contributed by atoms with Crippen LogP contribution in [0.1, 0.15) is 58.4 Å². The Balaban J connectivity index is 1.76. The number of imide groups is 1. The fourth-order valence-electron chi connectivity index (χ4n) is 3.97. The second kappa shape index (κ2) is 8.35. The molecule has 0 atom stereocenters. The van der Waals surface area contributed by atoms with Crippen molar-refractivity contribution in [2.75, 3.05) is 9.62 Å². The summed E-state index contributed by atoms with van der Waals surface area (Å²) in [6, 6.07) is 12.3. The van der Waals surface area contributed by atoms with Crippen molar-refractivity contribution in [1.82, 2.24) is 0 Å². The normalized spacial score (nSPS) is 13.8. The number of aromatic nitrogens is 1. The number of carbonyl (C=O) groups excluding carboxylic acids is 2. The molecule has 35 heavy (non-hydrogen) atoms. The van der Waals surface area contributed by atoms with Gasteiger partial charge in [-0.25, -0.2) is 13.3 Å². The Morgan fingerprint density at radius 2 is 1.51 bits per heavy atom. The molecular weight excluding hydrogens is 490 g/mol. The number of aryl methyl sites for hydroxylation is 1. The molecule has 0 unspecified atom stereocenters. The number of pyridine rings is 1. The molecule has 0 saturated heterocycles. The summed E-state index contributed by atoms with van der Waals surface area (Å²) in [4.78, 5) is 27.6. The third-order valence-electron chi connectivity index (χ3n) is 6.01. The smallest absolute Gasteiger partial charge is 0.268 e. The maximum atomic E-state index is 13.4. The Labute approximate surface area is 208 Å². The first-order chi connectivity index (χ1) is 16.2. The first-order valence-corrected chi connectivity index (χ1v) is 12.7. The number of nitrogens with zero attached hydrogens (tertiary/aromatic N) is 2. The van der Waals surface area contributed by atoms with Gasteiger partial charge in [-0.1, -0.05) is 44.5 Å². The van der Waals surface area contributed by atoms with Gasteiger partial charge in [-0.15, -0.1) is 0 Å². The number of benzene rings is 2. The molecule has 8 nitrogen and oxygen atoms in total. The molecule has 182 valence electrons. The molecular formula is C25H25ClN3O5S+. The zero-order chi connectivity index (χ0) is 25.9. The van der Waals surface area contributed by atoms with Gasteiger partial charge in [0.2, 0.25) is 5.69 Å². The van der Waals surface area contributed by atoms with E-state index in [0.717, 1.165) is 15.2 Å².